The molecular weight excluding hydrogens is 713 g/mol. The first-order valence-corrected chi connectivity index (χ1v) is 20.8. The summed E-state index contributed by atoms with van der Waals surface area (Å²) in [5, 5.41) is 16.6. The van der Waals surface area contributed by atoms with Crippen molar-refractivity contribution in [3.63, 3.8) is 0 Å². The molecule has 55 heavy (non-hydrogen) atoms. The molecule has 0 radical (unpaired) electrons. The molecule has 0 bridgehead atoms. The normalized spacial score (nSPS) is 18.1. The van der Waals surface area contributed by atoms with Crippen molar-refractivity contribution in [3.05, 3.63) is 76.2 Å². The maximum Gasteiger partial charge on any atom is 0.308 e. The Morgan fingerprint density at radius 2 is 1.67 bits per heavy atom. The van der Waals surface area contributed by atoms with Crippen LogP contribution in [0.4, 0.5) is 0 Å². The van der Waals surface area contributed by atoms with Gasteiger partial charge >= 0.3 is 5.97 Å². The second-order valence-electron chi connectivity index (χ2n) is 15.8. The molecule has 1 aromatic heterocycles. The van der Waals surface area contributed by atoms with Crippen LogP contribution in [0.25, 0.3) is 11.1 Å². The zero-order valence-corrected chi connectivity index (χ0v) is 34.8. The van der Waals surface area contributed by atoms with Gasteiger partial charge in [-0.05, 0) is 67.8 Å². The van der Waals surface area contributed by atoms with E-state index in [0.717, 1.165) is 48.9 Å². The molecule has 10 nitrogen and oxygen atoms in total. The van der Waals surface area contributed by atoms with Crippen molar-refractivity contribution in [2.75, 3.05) is 27.7 Å². The van der Waals surface area contributed by atoms with E-state index in [-0.39, 0.29) is 66.2 Å². The molecule has 2 N–H and O–H groups in total. The Morgan fingerprint density at radius 1 is 1.00 bits per heavy atom. The number of methoxy groups -OCH3 is 1. The molecule has 2 heterocycles. The van der Waals surface area contributed by atoms with Crippen molar-refractivity contribution in [1.82, 2.24) is 20.1 Å². The number of likely N-dealkylation sites (N-methyl/N-ethyl adjacent to an activating group) is 1. The minimum absolute atomic E-state index is 0.0170. The first kappa shape index (κ1) is 43.8. The third-order valence-electron chi connectivity index (χ3n) is 11.5. The van der Waals surface area contributed by atoms with Gasteiger partial charge in [-0.2, -0.15) is 0 Å². The molecule has 0 saturated carbocycles. The SMILES string of the molecule is CCC(C)[C@H](CC(=O)C1CCCCN1C)C(=O)N(C)C(C[C@@H](O)c1nc(C(=O)N[C@@H](Cc2ccc(-c3ccccc3)cc2)C[C@H](C)C(=O)OC)cs1)C(C)C. The minimum Gasteiger partial charge on any atom is -0.469 e. The lowest BCUT2D eigenvalue weighted by Crippen LogP contribution is -2.48. The first-order chi connectivity index (χ1) is 26.2. The lowest BCUT2D eigenvalue weighted by molar-refractivity contribution is -0.145. The monoisotopic (exact) mass is 774 g/mol. The van der Waals surface area contributed by atoms with Crippen molar-refractivity contribution in [2.45, 2.75) is 110 Å². The highest BCUT2D eigenvalue weighted by molar-refractivity contribution is 7.09. The lowest BCUT2D eigenvalue weighted by Gasteiger charge is -2.37. The van der Waals surface area contributed by atoms with Crippen molar-refractivity contribution >= 4 is 34.9 Å². The quantitative estimate of drug-likeness (QED) is 0.121. The molecular formula is C44H62N4O6S. The average molecular weight is 775 g/mol. The number of carbonyl (C=O) groups excluding carboxylic acids is 4. The number of aliphatic hydroxyl groups is 1. The van der Waals surface area contributed by atoms with Crippen LogP contribution < -0.4 is 5.32 Å². The number of esters is 1. The Bertz CT molecular complexity index is 1700. The van der Waals surface area contributed by atoms with E-state index in [1.807, 2.05) is 65.1 Å². The number of thiazole rings is 1. The van der Waals surface area contributed by atoms with E-state index in [1.165, 1.54) is 18.4 Å². The summed E-state index contributed by atoms with van der Waals surface area (Å²) >= 11 is 1.20. The molecule has 2 aromatic carbocycles. The number of nitrogens with zero attached hydrogens (tertiary/aromatic N) is 3. The van der Waals surface area contributed by atoms with Crippen LogP contribution in [0.15, 0.2) is 60.0 Å². The van der Waals surface area contributed by atoms with Crippen LogP contribution in [-0.4, -0.2) is 89.3 Å². The van der Waals surface area contributed by atoms with Gasteiger partial charge in [0.25, 0.3) is 5.91 Å². The Kier molecular flexibility index (Phi) is 16.6. The van der Waals surface area contributed by atoms with Gasteiger partial charge in [0.05, 0.1) is 19.1 Å². The number of ketones is 1. The van der Waals surface area contributed by atoms with E-state index < -0.39 is 23.8 Å². The number of aliphatic hydroxyl groups excluding tert-OH is 1. The molecule has 0 spiro atoms. The van der Waals surface area contributed by atoms with E-state index in [2.05, 4.69) is 39.5 Å². The summed E-state index contributed by atoms with van der Waals surface area (Å²) in [6, 6.07) is 17.4. The largest absolute Gasteiger partial charge is 0.469 e. The van der Waals surface area contributed by atoms with Crippen molar-refractivity contribution in [1.29, 1.82) is 0 Å². The predicted octanol–water partition coefficient (Wildman–Crippen LogP) is 7.36. The number of aromatic nitrogens is 1. The van der Waals surface area contributed by atoms with Crippen LogP contribution in [0.5, 0.6) is 0 Å². The van der Waals surface area contributed by atoms with Gasteiger partial charge in [-0.15, -0.1) is 11.3 Å². The maximum atomic E-state index is 14.1. The van der Waals surface area contributed by atoms with Gasteiger partial charge in [0.2, 0.25) is 5.91 Å². The number of ether oxygens (including phenoxy) is 1. The number of amides is 2. The van der Waals surface area contributed by atoms with Gasteiger partial charge in [0.15, 0.2) is 5.78 Å². The molecule has 4 rings (SSSR count). The number of Topliss-reactive ketones (excluding diaryl/α,β-unsaturated/α-hetero) is 1. The second kappa shape index (κ2) is 20.8. The molecule has 0 aliphatic carbocycles. The van der Waals surface area contributed by atoms with Crippen LogP contribution in [0.1, 0.15) is 107 Å². The summed E-state index contributed by atoms with van der Waals surface area (Å²) in [5.41, 5.74) is 3.39. The predicted molar refractivity (Wildman–Crippen MR) is 219 cm³/mol. The van der Waals surface area contributed by atoms with Gasteiger partial charge in [-0.3, -0.25) is 24.1 Å². The fraction of sp³-hybridized carbons (Fsp3) is 0.568. The van der Waals surface area contributed by atoms with E-state index >= 15 is 0 Å². The highest BCUT2D eigenvalue weighted by Gasteiger charge is 2.37. The standard InChI is InChI=1S/C44H62N4O6S/c1-9-29(4)35(25-39(49)37-17-13-14-22-47(37)6)43(52)48(7)38(28(2)3)26-40(50)42-46-36(27-55-42)41(51)45-34(23-30(5)44(53)54-8)24-31-18-20-33(21-19-31)32-15-11-10-12-16-32/h10-12,15-16,18-21,27-30,34-35,37-38,40,50H,9,13-14,17,22-26H2,1-8H3,(H,45,51)/t29?,30-,34+,35-,37?,38?,40+/m0/s1. The Balaban J connectivity index is 1.44. The molecule has 11 heteroatoms. The molecule has 2 amide bonds. The van der Waals surface area contributed by atoms with Gasteiger partial charge in [-0.25, -0.2) is 4.98 Å². The van der Waals surface area contributed by atoms with Gasteiger partial charge < -0.3 is 20.1 Å². The zero-order valence-electron chi connectivity index (χ0n) is 34.0. The summed E-state index contributed by atoms with van der Waals surface area (Å²) < 4.78 is 4.97. The minimum atomic E-state index is -1.01. The summed E-state index contributed by atoms with van der Waals surface area (Å²) in [5.74, 6) is -1.52. The first-order valence-electron chi connectivity index (χ1n) is 19.9. The molecule has 1 aliphatic heterocycles. The van der Waals surface area contributed by atoms with E-state index in [1.54, 1.807) is 24.3 Å². The lowest BCUT2D eigenvalue weighted by atomic mass is 9.83. The number of hydrogen-bond acceptors (Lipinski definition) is 9. The van der Waals surface area contributed by atoms with Crippen LogP contribution in [0.3, 0.4) is 0 Å². The average Bonchev–Trinajstić information content (AvgIpc) is 3.69. The van der Waals surface area contributed by atoms with Gasteiger partial charge in [0.1, 0.15) is 16.8 Å². The highest BCUT2D eigenvalue weighted by Crippen LogP contribution is 2.31. The Hall–Kier alpha value is -3.93. The van der Waals surface area contributed by atoms with Crippen LogP contribution in [0, 0.1) is 23.7 Å². The fourth-order valence-corrected chi connectivity index (χ4v) is 8.55. The molecule has 1 saturated heterocycles. The second-order valence-corrected chi connectivity index (χ2v) is 16.7. The third kappa shape index (κ3) is 12.0. The number of benzene rings is 2. The topological polar surface area (TPSA) is 129 Å². The van der Waals surface area contributed by atoms with Gasteiger partial charge in [0, 0.05) is 43.3 Å². The molecule has 7 atom stereocenters. The molecule has 1 fully saturated rings. The summed E-state index contributed by atoms with van der Waals surface area (Å²) in [6.07, 6.45) is 4.03. The number of carbonyl (C=O) groups is 4. The number of likely N-dealkylation sites (tertiary alicyclic amines) is 1. The van der Waals surface area contributed by atoms with Crippen molar-refractivity contribution < 1.29 is 29.0 Å². The van der Waals surface area contributed by atoms with Crippen molar-refractivity contribution in [3.8, 4) is 11.1 Å². The number of hydrogen-bond donors (Lipinski definition) is 2. The van der Waals surface area contributed by atoms with Crippen molar-refractivity contribution in [2.24, 2.45) is 23.7 Å². The highest BCUT2D eigenvalue weighted by atomic mass is 32.1. The molecule has 1 aliphatic rings. The summed E-state index contributed by atoms with van der Waals surface area (Å²) in [7, 11) is 5.13. The van der Waals surface area contributed by atoms with Crippen LogP contribution in [0.2, 0.25) is 0 Å². The summed E-state index contributed by atoms with van der Waals surface area (Å²) in [4.78, 5) is 62.0. The third-order valence-corrected chi connectivity index (χ3v) is 12.4. The number of nitrogens with one attached hydrogen (secondary N) is 1. The van der Waals surface area contributed by atoms with E-state index in [0.29, 0.717) is 17.8 Å². The van der Waals surface area contributed by atoms with Gasteiger partial charge in [-0.1, -0.05) is 102 Å². The number of piperidine rings is 1. The number of rotatable bonds is 19. The smallest absolute Gasteiger partial charge is 0.308 e. The van der Waals surface area contributed by atoms with Crippen LogP contribution in [-0.2, 0) is 25.5 Å². The van der Waals surface area contributed by atoms with E-state index in [9.17, 15) is 24.3 Å². The molecule has 3 unspecified atom stereocenters. The maximum absolute atomic E-state index is 14.1. The fourth-order valence-electron chi connectivity index (χ4n) is 7.75. The van der Waals surface area contributed by atoms with E-state index in [4.69, 9.17) is 4.74 Å². The Morgan fingerprint density at radius 3 is 2.29 bits per heavy atom. The summed E-state index contributed by atoms with van der Waals surface area (Å²) in [6.45, 7) is 10.8. The molecule has 3 aromatic rings. The Labute approximate surface area is 332 Å². The zero-order chi connectivity index (χ0) is 40.2. The van der Waals surface area contributed by atoms with Crippen LogP contribution >= 0.6 is 11.3 Å². The molecule has 300 valence electrons.